The van der Waals surface area contributed by atoms with Crippen LogP contribution >= 0.6 is 0 Å². The SMILES string of the molecule is FC(F)(F)c1cccc(-n2cc(OCC3CO3)cn2)c1. The monoisotopic (exact) mass is 284 g/mol. The Morgan fingerprint density at radius 1 is 1.40 bits per heavy atom. The highest BCUT2D eigenvalue weighted by atomic mass is 19.4. The van der Waals surface area contributed by atoms with Gasteiger partial charge in [0.1, 0.15) is 12.7 Å². The first-order valence-electron chi connectivity index (χ1n) is 5.99. The maximum Gasteiger partial charge on any atom is 0.416 e. The average Bonchev–Trinajstić information content (AvgIpc) is 3.12. The zero-order chi connectivity index (χ0) is 14.2. The smallest absolute Gasteiger partial charge is 0.416 e. The van der Waals surface area contributed by atoms with Gasteiger partial charge >= 0.3 is 6.18 Å². The molecule has 1 saturated heterocycles. The molecule has 0 radical (unpaired) electrons. The van der Waals surface area contributed by atoms with Crippen LogP contribution in [0.3, 0.4) is 0 Å². The van der Waals surface area contributed by atoms with E-state index < -0.39 is 11.7 Å². The van der Waals surface area contributed by atoms with E-state index in [1.54, 1.807) is 6.07 Å². The molecule has 1 aliphatic rings. The molecule has 1 aliphatic heterocycles. The third-order valence-corrected chi connectivity index (χ3v) is 2.84. The molecule has 2 aromatic rings. The van der Waals surface area contributed by atoms with Crippen molar-refractivity contribution in [1.82, 2.24) is 9.78 Å². The molecule has 0 bridgehead atoms. The van der Waals surface area contributed by atoms with Crippen molar-refractivity contribution >= 4 is 0 Å². The molecule has 4 nitrogen and oxygen atoms in total. The van der Waals surface area contributed by atoms with Crippen molar-refractivity contribution in [3.63, 3.8) is 0 Å². The summed E-state index contributed by atoms with van der Waals surface area (Å²) < 4.78 is 49.7. The maximum absolute atomic E-state index is 12.6. The van der Waals surface area contributed by atoms with Crippen LogP contribution in [-0.2, 0) is 10.9 Å². The predicted molar refractivity (Wildman–Crippen MR) is 63.8 cm³/mol. The van der Waals surface area contributed by atoms with Crippen LogP contribution in [0.4, 0.5) is 13.2 Å². The number of alkyl halides is 3. The molecule has 0 aliphatic carbocycles. The molecule has 1 aromatic carbocycles. The molecule has 0 saturated carbocycles. The van der Waals surface area contributed by atoms with Gasteiger partial charge in [-0.1, -0.05) is 6.07 Å². The minimum absolute atomic E-state index is 0.118. The highest BCUT2D eigenvalue weighted by Crippen LogP contribution is 2.30. The lowest BCUT2D eigenvalue weighted by Crippen LogP contribution is -2.06. The third kappa shape index (κ3) is 2.93. The third-order valence-electron chi connectivity index (χ3n) is 2.84. The fraction of sp³-hybridized carbons (Fsp3) is 0.308. The van der Waals surface area contributed by atoms with Gasteiger partial charge in [-0.15, -0.1) is 0 Å². The molecule has 1 fully saturated rings. The zero-order valence-electron chi connectivity index (χ0n) is 10.3. The number of ether oxygens (including phenoxy) is 2. The van der Waals surface area contributed by atoms with Crippen molar-refractivity contribution in [3.8, 4) is 11.4 Å². The van der Waals surface area contributed by atoms with E-state index in [-0.39, 0.29) is 6.10 Å². The van der Waals surface area contributed by atoms with Gasteiger partial charge in [0, 0.05) is 0 Å². The van der Waals surface area contributed by atoms with Crippen molar-refractivity contribution in [3.05, 3.63) is 42.2 Å². The fourth-order valence-corrected chi connectivity index (χ4v) is 1.70. The lowest BCUT2D eigenvalue weighted by molar-refractivity contribution is -0.137. The predicted octanol–water partition coefficient (Wildman–Crippen LogP) is 2.67. The Morgan fingerprint density at radius 3 is 2.90 bits per heavy atom. The second-order valence-electron chi connectivity index (χ2n) is 4.44. The Kier molecular flexibility index (Phi) is 3.13. The molecule has 106 valence electrons. The average molecular weight is 284 g/mol. The summed E-state index contributed by atoms with van der Waals surface area (Å²) in [5.74, 6) is 0.498. The van der Waals surface area contributed by atoms with Crippen LogP contribution in [0.15, 0.2) is 36.7 Å². The van der Waals surface area contributed by atoms with Crippen LogP contribution < -0.4 is 4.74 Å². The summed E-state index contributed by atoms with van der Waals surface area (Å²) in [6.07, 6.45) is -1.25. The molecule has 7 heteroatoms. The van der Waals surface area contributed by atoms with Crippen LogP contribution in [0.25, 0.3) is 5.69 Å². The molecule has 1 aromatic heterocycles. The maximum atomic E-state index is 12.6. The van der Waals surface area contributed by atoms with Gasteiger partial charge in [0.25, 0.3) is 0 Å². The van der Waals surface area contributed by atoms with Crippen LogP contribution in [-0.4, -0.2) is 29.1 Å². The number of aromatic nitrogens is 2. The summed E-state index contributed by atoms with van der Waals surface area (Å²) in [7, 11) is 0. The summed E-state index contributed by atoms with van der Waals surface area (Å²) in [6.45, 7) is 1.11. The quantitative estimate of drug-likeness (QED) is 0.810. The van der Waals surface area contributed by atoms with Crippen molar-refractivity contribution in [2.45, 2.75) is 12.3 Å². The molecule has 0 amide bonds. The highest BCUT2D eigenvalue weighted by Gasteiger charge is 2.30. The topological polar surface area (TPSA) is 39.6 Å². The second kappa shape index (κ2) is 4.82. The van der Waals surface area contributed by atoms with Crippen LogP contribution in [0, 0.1) is 0 Å². The van der Waals surface area contributed by atoms with E-state index in [0.717, 1.165) is 12.1 Å². The van der Waals surface area contributed by atoms with Crippen molar-refractivity contribution in [2.24, 2.45) is 0 Å². The van der Waals surface area contributed by atoms with Crippen LogP contribution in [0.5, 0.6) is 5.75 Å². The standard InChI is InChI=1S/C13H11F3N2O2/c14-13(15,16)9-2-1-3-10(4-9)18-6-11(5-17-18)19-7-12-8-20-12/h1-6,12H,7-8H2. The van der Waals surface area contributed by atoms with Crippen molar-refractivity contribution in [1.29, 1.82) is 0 Å². The van der Waals surface area contributed by atoms with Gasteiger partial charge in [-0.25, -0.2) is 4.68 Å². The Labute approximate surface area is 112 Å². The van der Waals surface area contributed by atoms with E-state index in [0.29, 0.717) is 24.7 Å². The number of hydrogen-bond acceptors (Lipinski definition) is 3. The summed E-state index contributed by atoms with van der Waals surface area (Å²) >= 11 is 0. The molecule has 0 spiro atoms. The largest absolute Gasteiger partial charge is 0.487 e. The van der Waals surface area contributed by atoms with E-state index in [1.807, 2.05) is 0 Å². The molecule has 1 unspecified atom stereocenters. The fourth-order valence-electron chi connectivity index (χ4n) is 1.70. The van der Waals surface area contributed by atoms with Crippen molar-refractivity contribution in [2.75, 3.05) is 13.2 Å². The first-order chi connectivity index (χ1) is 9.52. The molecule has 20 heavy (non-hydrogen) atoms. The van der Waals surface area contributed by atoms with E-state index in [1.165, 1.54) is 23.1 Å². The van der Waals surface area contributed by atoms with E-state index in [2.05, 4.69) is 5.10 Å². The van der Waals surface area contributed by atoms with Gasteiger partial charge in [0.15, 0.2) is 5.75 Å². The Hall–Kier alpha value is -2.02. The van der Waals surface area contributed by atoms with E-state index >= 15 is 0 Å². The Balaban J connectivity index is 1.78. The Bertz CT molecular complexity index is 606. The summed E-state index contributed by atoms with van der Waals surface area (Å²) in [5, 5.41) is 3.99. The molecule has 0 N–H and O–H groups in total. The van der Waals surface area contributed by atoms with Gasteiger partial charge in [-0.2, -0.15) is 18.3 Å². The minimum Gasteiger partial charge on any atom is -0.487 e. The van der Waals surface area contributed by atoms with E-state index in [4.69, 9.17) is 9.47 Å². The lowest BCUT2D eigenvalue weighted by atomic mass is 10.2. The summed E-state index contributed by atoms with van der Waals surface area (Å²) in [4.78, 5) is 0. The normalized spacial score (nSPS) is 18.1. The van der Waals surface area contributed by atoms with Gasteiger partial charge in [-0.3, -0.25) is 0 Å². The molecular formula is C13H11F3N2O2. The van der Waals surface area contributed by atoms with Gasteiger partial charge < -0.3 is 9.47 Å². The summed E-state index contributed by atoms with van der Waals surface area (Å²) in [6, 6.07) is 4.96. The highest BCUT2D eigenvalue weighted by molar-refractivity contribution is 5.37. The first kappa shape index (κ1) is 13.0. The van der Waals surface area contributed by atoms with Crippen LogP contribution in [0.1, 0.15) is 5.56 Å². The second-order valence-corrected chi connectivity index (χ2v) is 4.44. The van der Waals surface area contributed by atoms with Crippen molar-refractivity contribution < 1.29 is 22.6 Å². The van der Waals surface area contributed by atoms with Gasteiger partial charge in [-0.05, 0) is 18.2 Å². The van der Waals surface area contributed by atoms with E-state index in [9.17, 15) is 13.2 Å². The minimum atomic E-state index is -4.37. The van der Waals surface area contributed by atoms with Gasteiger partial charge in [0.2, 0.25) is 0 Å². The number of epoxide rings is 1. The number of hydrogen-bond donors (Lipinski definition) is 0. The molecule has 3 rings (SSSR count). The molecular weight excluding hydrogens is 273 g/mol. The molecule has 2 heterocycles. The number of nitrogens with zero attached hydrogens (tertiary/aromatic N) is 2. The van der Waals surface area contributed by atoms with Crippen LogP contribution in [0.2, 0.25) is 0 Å². The first-order valence-corrected chi connectivity index (χ1v) is 5.99. The summed E-state index contributed by atoms with van der Waals surface area (Å²) in [5.41, 5.74) is -0.378. The lowest BCUT2D eigenvalue weighted by Gasteiger charge is -2.08. The zero-order valence-corrected chi connectivity index (χ0v) is 10.3. The number of benzene rings is 1. The number of halogens is 3. The molecule has 1 atom stereocenters. The van der Waals surface area contributed by atoms with Gasteiger partial charge in [0.05, 0.1) is 30.3 Å². The number of rotatable bonds is 4. The Morgan fingerprint density at radius 2 is 2.20 bits per heavy atom.